The summed E-state index contributed by atoms with van der Waals surface area (Å²) in [5.74, 6) is 0.215. The molecule has 5 nitrogen and oxygen atoms in total. The highest BCUT2D eigenvalue weighted by atomic mass is 35.5. The fraction of sp³-hybridized carbons (Fsp3) is 0.400. The molecule has 0 radical (unpaired) electrons. The van der Waals surface area contributed by atoms with E-state index in [0.717, 1.165) is 0 Å². The molecule has 2 atom stereocenters. The van der Waals surface area contributed by atoms with Gasteiger partial charge in [-0.15, -0.1) is 11.6 Å². The molecule has 2 unspecified atom stereocenters. The minimum Gasteiger partial charge on any atom is -0.390 e. The molecule has 0 fully saturated rings. The summed E-state index contributed by atoms with van der Waals surface area (Å²) in [4.78, 5) is 9.96. The first kappa shape index (κ1) is 12.9. The van der Waals surface area contributed by atoms with Crippen LogP contribution in [-0.4, -0.2) is 27.1 Å². The Morgan fingerprint density at radius 2 is 2.12 bits per heavy atom. The maximum absolute atomic E-state index is 10.5. The van der Waals surface area contributed by atoms with E-state index >= 15 is 0 Å². The summed E-state index contributed by atoms with van der Waals surface area (Å²) in [6.07, 6.45) is -1.94. The first-order chi connectivity index (χ1) is 7.56. The number of rotatable bonds is 5. The van der Waals surface area contributed by atoms with Gasteiger partial charge in [0.2, 0.25) is 0 Å². The Morgan fingerprint density at radius 3 is 2.69 bits per heavy atom. The summed E-state index contributed by atoms with van der Waals surface area (Å²) in [7, 11) is 0. The van der Waals surface area contributed by atoms with Crippen LogP contribution in [0.2, 0.25) is 0 Å². The van der Waals surface area contributed by atoms with E-state index in [1.807, 2.05) is 0 Å². The maximum Gasteiger partial charge on any atom is 0.269 e. The third kappa shape index (κ3) is 3.16. The summed E-state index contributed by atoms with van der Waals surface area (Å²) in [5.41, 5.74) is 0.196. The molecule has 88 valence electrons. The fourth-order valence-corrected chi connectivity index (χ4v) is 1.54. The van der Waals surface area contributed by atoms with Crippen LogP contribution in [-0.2, 0) is 0 Å². The van der Waals surface area contributed by atoms with Crippen LogP contribution in [0, 0.1) is 10.1 Å². The molecule has 0 aliphatic carbocycles. The van der Waals surface area contributed by atoms with E-state index in [1.54, 1.807) is 0 Å². The van der Waals surface area contributed by atoms with E-state index in [0.29, 0.717) is 5.56 Å². The van der Waals surface area contributed by atoms with Crippen molar-refractivity contribution in [1.82, 2.24) is 0 Å². The zero-order chi connectivity index (χ0) is 12.1. The second-order valence-corrected chi connectivity index (χ2v) is 3.72. The topological polar surface area (TPSA) is 83.6 Å². The van der Waals surface area contributed by atoms with Gasteiger partial charge in [0.15, 0.2) is 0 Å². The molecule has 0 aliphatic rings. The van der Waals surface area contributed by atoms with E-state index in [-0.39, 0.29) is 18.0 Å². The molecule has 0 heterocycles. The highest BCUT2D eigenvalue weighted by Crippen LogP contribution is 2.23. The summed E-state index contributed by atoms with van der Waals surface area (Å²) in [5, 5.41) is 29.7. The number of benzene rings is 1. The minimum atomic E-state index is -1.15. The molecule has 0 amide bonds. The molecular formula is C10H12ClNO4. The molecular weight excluding hydrogens is 234 g/mol. The van der Waals surface area contributed by atoms with E-state index in [9.17, 15) is 20.3 Å². The van der Waals surface area contributed by atoms with Crippen molar-refractivity contribution in [2.24, 2.45) is 0 Å². The van der Waals surface area contributed by atoms with Gasteiger partial charge in [-0.1, -0.05) is 12.1 Å². The van der Waals surface area contributed by atoms with Gasteiger partial charge in [0.25, 0.3) is 5.69 Å². The van der Waals surface area contributed by atoms with E-state index in [4.69, 9.17) is 11.6 Å². The van der Waals surface area contributed by atoms with Crippen LogP contribution >= 0.6 is 11.6 Å². The van der Waals surface area contributed by atoms with E-state index in [1.165, 1.54) is 24.3 Å². The maximum atomic E-state index is 10.5. The standard InChI is InChI=1S/C10H12ClNO4/c11-5-4-9(13)10(14)7-2-1-3-8(6-7)12(15)16/h1-3,6,9-10,13-14H,4-5H2. The minimum absolute atomic E-state index is 0.116. The molecule has 6 heteroatoms. The molecule has 0 aliphatic heterocycles. The average molecular weight is 246 g/mol. The number of hydrogen-bond acceptors (Lipinski definition) is 4. The van der Waals surface area contributed by atoms with Crippen LogP contribution in [0.15, 0.2) is 24.3 Å². The summed E-state index contributed by atoms with van der Waals surface area (Å²) in [6.45, 7) is 0. The highest BCUT2D eigenvalue weighted by Gasteiger charge is 2.19. The molecule has 0 spiro atoms. The summed E-state index contributed by atoms with van der Waals surface area (Å²) < 4.78 is 0. The van der Waals surface area contributed by atoms with Crippen molar-refractivity contribution in [2.75, 3.05) is 5.88 Å². The summed E-state index contributed by atoms with van der Waals surface area (Å²) >= 11 is 5.43. The van der Waals surface area contributed by atoms with Crippen LogP contribution in [0.5, 0.6) is 0 Å². The van der Waals surface area contributed by atoms with Crippen molar-refractivity contribution in [3.05, 3.63) is 39.9 Å². The number of nitro groups is 1. The lowest BCUT2D eigenvalue weighted by Crippen LogP contribution is -2.18. The van der Waals surface area contributed by atoms with E-state index < -0.39 is 17.1 Å². The van der Waals surface area contributed by atoms with Crippen molar-refractivity contribution in [3.63, 3.8) is 0 Å². The number of aliphatic hydroxyl groups excluding tert-OH is 2. The quantitative estimate of drug-likeness (QED) is 0.469. The Balaban J connectivity index is 2.86. The zero-order valence-corrected chi connectivity index (χ0v) is 9.17. The third-order valence-corrected chi connectivity index (χ3v) is 2.41. The Morgan fingerprint density at radius 1 is 1.44 bits per heavy atom. The SMILES string of the molecule is O=[N+]([O-])c1cccc(C(O)C(O)CCCl)c1. The number of nitro benzene ring substituents is 1. The number of alkyl halides is 1. The number of non-ortho nitro benzene ring substituents is 1. The molecule has 0 bridgehead atoms. The fourth-order valence-electron chi connectivity index (χ4n) is 1.31. The lowest BCUT2D eigenvalue weighted by Gasteiger charge is -2.16. The predicted octanol–water partition coefficient (Wildman–Crippen LogP) is 1.62. The van der Waals surface area contributed by atoms with Crippen molar-refractivity contribution in [3.8, 4) is 0 Å². The summed E-state index contributed by atoms with van der Waals surface area (Å²) in [6, 6.07) is 5.55. The molecule has 1 rings (SSSR count). The average Bonchev–Trinajstić information content (AvgIpc) is 2.28. The molecule has 0 saturated carbocycles. The van der Waals surface area contributed by atoms with Crippen LogP contribution in [0.4, 0.5) is 5.69 Å². The van der Waals surface area contributed by atoms with Crippen LogP contribution in [0.25, 0.3) is 0 Å². The van der Waals surface area contributed by atoms with Crippen molar-refractivity contribution < 1.29 is 15.1 Å². The second-order valence-electron chi connectivity index (χ2n) is 3.34. The van der Waals surface area contributed by atoms with Crippen molar-refractivity contribution in [1.29, 1.82) is 0 Å². The Labute approximate surface area is 97.4 Å². The van der Waals surface area contributed by atoms with Crippen LogP contribution in [0.3, 0.4) is 0 Å². The largest absolute Gasteiger partial charge is 0.390 e. The van der Waals surface area contributed by atoms with Gasteiger partial charge in [0.1, 0.15) is 6.10 Å². The van der Waals surface area contributed by atoms with Gasteiger partial charge in [0.05, 0.1) is 11.0 Å². The van der Waals surface area contributed by atoms with Crippen LogP contribution in [0.1, 0.15) is 18.1 Å². The molecule has 2 N–H and O–H groups in total. The van der Waals surface area contributed by atoms with Gasteiger partial charge in [-0.05, 0) is 12.0 Å². The van der Waals surface area contributed by atoms with Gasteiger partial charge in [-0.3, -0.25) is 10.1 Å². The number of halogens is 1. The van der Waals surface area contributed by atoms with Gasteiger partial charge in [0, 0.05) is 18.0 Å². The second kappa shape index (κ2) is 5.79. The van der Waals surface area contributed by atoms with Gasteiger partial charge in [-0.25, -0.2) is 0 Å². The Bertz CT molecular complexity index is 372. The molecule has 0 saturated heterocycles. The van der Waals surface area contributed by atoms with Crippen molar-refractivity contribution in [2.45, 2.75) is 18.6 Å². The van der Waals surface area contributed by atoms with Gasteiger partial charge >= 0.3 is 0 Å². The number of aliphatic hydroxyl groups is 2. The zero-order valence-electron chi connectivity index (χ0n) is 8.41. The van der Waals surface area contributed by atoms with Crippen LogP contribution < -0.4 is 0 Å². The van der Waals surface area contributed by atoms with E-state index in [2.05, 4.69) is 0 Å². The number of hydrogen-bond donors (Lipinski definition) is 2. The normalized spacial score (nSPS) is 14.4. The molecule has 0 aromatic heterocycles. The van der Waals surface area contributed by atoms with Crippen molar-refractivity contribution >= 4 is 17.3 Å². The molecule has 16 heavy (non-hydrogen) atoms. The Hall–Kier alpha value is -1.17. The first-order valence-corrected chi connectivity index (χ1v) is 5.26. The monoisotopic (exact) mass is 245 g/mol. The lowest BCUT2D eigenvalue weighted by molar-refractivity contribution is -0.385. The lowest BCUT2D eigenvalue weighted by atomic mass is 10.0. The number of nitrogens with zero attached hydrogens (tertiary/aromatic N) is 1. The third-order valence-electron chi connectivity index (χ3n) is 2.19. The smallest absolute Gasteiger partial charge is 0.269 e. The van der Waals surface area contributed by atoms with Gasteiger partial charge < -0.3 is 10.2 Å². The molecule has 1 aromatic rings. The Kier molecular flexibility index (Phi) is 4.67. The first-order valence-electron chi connectivity index (χ1n) is 4.72. The predicted molar refractivity (Wildman–Crippen MR) is 59.4 cm³/mol. The molecule has 1 aromatic carbocycles. The highest BCUT2D eigenvalue weighted by molar-refractivity contribution is 6.17. The van der Waals surface area contributed by atoms with Gasteiger partial charge in [-0.2, -0.15) is 0 Å².